The highest BCUT2D eigenvalue weighted by atomic mass is 16.5. The Balaban J connectivity index is 1.93. The predicted octanol–water partition coefficient (Wildman–Crippen LogP) is 3.15. The molecule has 5 heteroatoms. The molecule has 0 bridgehead atoms. The Bertz CT molecular complexity index is 725. The number of nitrogens with one attached hydrogen (secondary N) is 1. The Morgan fingerprint density at radius 1 is 1.08 bits per heavy atom. The van der Waals surface area contributed by atoms with Gasteiger partial charge in [0.1, 0.15) is 5.75 Å². The summed E-state index contributed by atoms with van der Waals surface area (Å²) in [6.07, 6.45) is 0.857. The topological polar surface area (TPSA) is 75.6 Å². The average molecular weight is 341 g/mol. The molecule has 0 spiro atoms. The van der Waals surface area contributed by atoms with Gasteiger partial charge in [-0.1, -0.05) is 50.2 Å². The summed E-state index contributed by atoms with van der Waals surface area (Å²) in [7, 11) is 0. The van der Waals surface area contributed by atoms with Crippen LogP contribution in [0, 0.1) is 5.41 Å². The molecule has 0 aromatic heterocycles. The average Bonchev–Trinajstić information content (AvgIpc) is 2.59. The van der Waals surface area contributed by atoms with Gasteiger partial charge in [-0.15, -0.1) is 0 Å². The molecule has 0 unspecified atom stereocenters. The third-order valence-electron chi connectivity index (χ3n) is 3.71. The molecule has 132 valence electrons. The Morgan fingerprint density at radius 2 is 1.80 bits per heavy atom. The lowest BCUT2D eigenvalue weighted by Gasteiger charge is -2.25. The zero-order valence-corrected chi connectivity index (χ0v) is 14.5. The summed E-state index contributed by atoms with van der Waals surface area (Å²) in [5, 5.41) is 11.6. The van der Waals surface area contributed by atoms with Crippen molar-refractivity contribution in [3.63, 3.8) is 0 Å². The molecule has 25 heavy (non-hydrogen) atoms. The number of amides is 1. The van der Waals surface area contributed by atoms with Gasteiger partial charge in [-0.2, -0.15) is 0 Å². The first kappa shape index (κ1) is 18.5. The maximum Gasteiger partial charge on any atom is 0.341 e. The van der Waals surface area contributed by atoms with Gasteiger partial charge in [-0.3, -0.25) is 4.79 Å². The summed E-state index contributed by atoms with van der Waals surface area (Å²) < 4.78 is 5.10. The fourth-order valence-electron chi connectivity index (χ4n) is 2.50. The fourth-order valence-corrected chi connectivity index (χ4v) is 2.50. The summed E-state index contributed by atoms with van der Waals surface area (Å²) >= 11 is 0. The molecule has 2 aromatic carbocycles. The zero-order chi connectivity index (χ0) is 18.3. The van der Waals surface area contributed by atoms with Crippen molar-refractivity contribution < 1.29 is 19.4 Å². The summed E-state index contributed by atoms with van der Waals surface area (Å²) in [5.41, 5.74) is 1.58. The van der Waals surface area contributed by atoms with Gasteiger partial charge in [0.15, 0.2) is 6.61 Å². The molecule has 0 aliphatic heterocycles. The van der Waals surface area contributed by atoms with Crippen LogP contribution in [-0.4, -0.2) is 30.1 Å². The summed E-state index contributed by atoms with van der Waals surface area (Å²) in [6, 6.07) is 16.7. The van der Waals surface area contributed by atoms with E-state index in [9.17, 15) is 9.59 Å². The Labute approximate surface area is 147 Å². The molecule has 0 saturated heterocycles. The van der Waals surface area contributed by atoms with Crippen molar-refractivity contribution in [2.45, 2.75) is 20.3 Å². The van der Waals surface area contributed by atoms with Crippen LogP contribution < -0.4 is 10.1 Å². The minimum Gasteiger partial charge on any atom is -0.482 e. The van der Waals surface area contributed by atoms with Crippen molar-refractivity contribution in [1.82, 2.24) is 5.32 Å². The predicted molar refractivity (Wildman–Crippen MR) is 95.8 cm³/mol. The van der Waals surface area contributed by atoms with E-state index in [1.165, 1.54) is 5.56 Å². The van der Waals surface area contributed by atoms with E-state index in [-0.39, 0.29) is 11.3 Å². The van der Waals surface area contributed by atoms with Crippen LogP contribution in [-0.2, 0) is 11.2 Å². The summed E-state index contributed by atoms with van der Waals surface area (Å²) in [4.78, 5) is 22.9. The number of carbonyl (C=O) groups excluding carboxylic acids is 1. The lowest BCUT2D eigenvalue weighted by Crippen LogP contribution is -2.35. The highest BCUT2D eigenvalue weighted by Crippen LogP contribution is 2.21. The number of hydrogen-bond acceptors (Lipinski definition) is 3. The van der Waals surface area contributed by atoms with E-state index in [1.807, 2.05) is 18.2 Å². The van der Waals surface area contributed by atoms with Crippen molar-refractivity contribution in [3.05, 3.63) is 65.7 Å². The van der Waals surface area contributed by atoms with Crippen molar-refractivity contribution in [3.8, 4) is 5.75 Å². The van der Waals surface area contributed by atoms with Gasteiger partial charge in [0.05, 0.1) is 0 Å². The number of hydrogen-bond donors (Lipinski definition) is 2. The number of carboxylic acids is 1. The molecule has 1 amide bonds. The number of rotatable bonds is 8. The van der Waals surface area contributed by atoms with Crippen LogP contribution >= 0.6 is 0 Å². The van der Waals surface area contributed by atoms with Crippen molar-refractivity contribution in [1.29, 1.82) is 0 Å². The molecule has 2 rings (SSSR count). The van der Waals surface area contributed by atoms with Crippen molar-refractivity contribution in [2.75, 3.05) is 13.2 Å². The first-order chi connectivity index (χ1) is 11.9. The molecule has 0 fully saturated rings. The van der Waals surface area contributed by atoms with Crippen LogP contribution in [0.1, 0.15) is 29.8 Å². The lowest BCUT2D eigenvalue weighted by molar-refractivity contribution is -0.139. The third kappa shape index (κ3) is 6.30. The maximum absolute atomic E-state index is 12.4. The van der Waals surface area contributed by atoms with E-state index in [0.29, 0.717) is 17.9 Å². The molecular formula is C20H23NO4. The molecule has 0 aliphatic carbocycles. The van der Waals surface area contributed by atoms with E-state index in [2.05, 4.69) is 31.3 Å². The molecular weight excluding hydrogens is 318 g/mol. The molecule has 0 aliphatic rings. The van der Waals surface area contributed by atoms with Crippen molar-refractivity contribution in [2.24, 2.45) is 5.41 Å². The number of carboxylic acid groups (broad SMARTS) is 1. The van der Waals surface area contributed by atoms with Crippen LogP contribution in [0.25, 0.3) is 0 Å². The molecule has 0 saturated carbocycles. The van der Waals surface area contributed by atoms with Gasteiger partial charge in [-0.05, 0) is 35.6 Å². The quantitative estimate of drug-likeness (QED) is 0.773. The molecule has 5 nitrogen and oxygen atoms in total. The van der Waals surface area contributed by atoms with Gasteiger partial charge in [0, 0.05) is 12.1 Å². The monoisotopic (exact) mass is 341 g/mol. The second-order valence-electron chi connectivity index (χ2n) is 6.72. The minimum atomic E-state index is -1.06. The second kappa shape index (κ2) is 8.33. The van der Waals surface area contributed by atoms with E-state index < -0.39 is 12.6 Å². The number of benzene rings is 2. The largest absolute Gasteiger partial charge is 0.482 e. The SMILES string of the molecule is CC(C)(CNC(=O)c1cccc(OCC(=O)O)c1)Cc1ccccc1. The number of aliphatic carboxylic acids is 1. The third-order valence-corrected chi connectivity index (χ3v) is 3.71. The first-order valence-corrected chi connectivity index (χ1v) is 8.12. The van der Waals surface area contributed by atoms with Crippen LogP contribution in [0.3, 0.4) is 0 Å². The van der Waals surface area contributed by atoms with E-state index in [0.717, 1.165) is 6.42 Å². The van der Waals surface area contributed by atoms with Crippen LogP contribution in [0.4, 0.5) is 0 Å². The van der Waals surface area contributed by atoms with E-state index in [1.54, 1.807) is 24.3 Å². The van der Waals surface area contributed by atoms with Gasteiger partial charge in [0.25, 0.3) is 5.91 Å². The Hall–Kier alpha value is -2.82. The van der Waals surface area contributed by atoms with E-state index >= 15 is 0 Å². The van der Waals surface area contributed by atoms with Gasteiger partial charge in [0.2, 0.25) is 0 Å². The second-order valence-corrected chi connectivity index (χ2v) is 6.72. The Morgan fingerprint density at radius 3 is 2.48 bits per heavy atom. The van der Waals surface area contributed by atoms with E-state index in [4.69, 9.17) is 9.84 Å². The number of carbonyl (C=O) groups is 2. The van der Waals surface area contributed by atoms with Crippen LogP contribution in [0.15, 0.2) is 54.6 Å². The summed E-state index contributed by atoms with van der Waals surface area (Å²) in [6.45, 7) is 4.30. The maximum atomic E-state index is 12.4. The van der Waals surface area contributed by atoms with Gasteiger partial charge in [-0.25, -0.2) is 4.79 Å². The van der Waals surface area contributed by atoms with Crippen LogP contribution in [0.5, 0.6) is 5.75 Å². The number of ether oxygens (including phenoxy) is 1. The normalized spacial score (nSPS) is 11.0. The molecule has 0 heterocycles. The zero-order valence-electron chi connectivity index (χ0n) is 14.5. The van der Waals surface area contributed by atoms with Crippen molar-refractivity contribution >= 4 is 11.9 Å². The molecule has 2 N–H and O–H groups in total. The highest BCUT2D eigenvalue weighted by molar-refractivity contribution is 5.94. The minimum absolute atomic E-state index is 0.0889. The molecule has 0 radical (unpaired) electrons. The molecule has 0 atom stereocenters. The standard InChI is InChI=1S/C20H23NO4/c1-20(2,12-15-7-4-3-5-8-15)14-21-19(24)16-9-6-10-17(11-16)25-13-18(22)23/h3-11H,12-14H2,1-2H3,(H,21,24)(H,22,23). The smallest absolute Gasteiger partial charge is 0.341 e. The first-order valence-electron chi connectivity index (χ1n) is 8.12. The van der Waals surface area contributed by atoms with Gasteiger partial charge >= 0.3 is 5.97 Å². The van der Waals surface area contributed by atoms with Gasteiger partial charge < -0.3 is 15.2 Å². The lowest BCUT2D eigenvalue weighted by atomic mass is 9.85. The fraction of sp³-hybridized carbons (Fsp3) is 0.300. The Kier molecular flexibility index (Phi) is 6.17. The molecule has 2 aromatic rings. The summed E-state index contributed by atoms with van der Waals surface area (Å²) in [5.74, 6) is -0.905. The highest BCUT2D eigenvalue weighted by Gasteiger charge is 2.20. The van der Waals surface area contributed by atoms with Crippen LogP contribution in [0.2, 0.25) is 0 Å².